The van der Waals surface area contributed by atoms with E-state index in [-0.39, 0.29) is 24.0 Å². The number of nitrogens with one attached hydrogen (secondary N) is 1. The van der Waals surface area contributed by atoms with Gasteiger partial charge in [-0.1, -0.05) is 30.3 Å². The Balaban J connectivity index is 0.000000147. The van der Waals surface area contributed by atoms with Crippen molar-refractivity contribution in [2.45, 2.75) is 6.92 Å². The van der Waals surface area contributed by atoms with Crippen molar-refractivity contribution in [1.29, 1.82) is 0 Å². The molecule has 1 N–H and O–H groups in total. The highest BCUT2D eigenvalue weighted by Gasteiger charge is 2.10. The molecule has 42 heavy (non-hydrogen) atoms. The Morgan fingerprint density at radius 3 is 2.00 bits per heavy atom. The van der Waals surface area contributed by atoms with Gasteiger partial charge in [0.25, 0.3) is 0 Å². The first-order valence-electron chi connectivity index (χ1n) is 13.3. The number of benzene rings is 2. The second kappa shape index (κ2) is 11.3. The number of hydrogen-bond donors (Lipinski definition) is 1. The Bertz CT molecular complexity index is 2180. The number of halogens is 2. The molecule has 8 aromatic rings. The highest BCUT2D eigenvalue weighted by atomic mass is 127. The first kappa shape index (κ1) is 27.5. The minimum atomic E-state index is -0.466. The molecule has 0 saturated carbocycles. The number of rotatable bonds is 2. The SMILES string of the molecule is Cc1ccc(-c2ccc3c4cnccc4n(C)c3c2)cn1.I.[18F]c1ccc(-c2ccc3c(c2)[nH]c2ccncc23)cn1. The van der Waals surface area contributed by atoms with Crippen LogP contribution in [0.1, 0.15) is 5.69 Å². The predicted molar refractivity (Wildman–Crippen MR) is 178 cm³/mol. The maximum atomic E-state index is 12.9. The molecule has 0 saturated heterocycles. The molecule has 0 atom stereocenters. The van der Waals surface area contributed by atoms with Crippen LogP contribution in [0.4, 0.5) is 4.39 Å². The zero-order chi connectivity index (χ0) is 27.9. The summed E-state index contributed by atoms with van der Waals surface area (Å²) in [4.78, 5) is 19.8. The number of aromatic amines is 1. The second-order valence-electron chi connectivity index (χ2n) is 10.0. The minimum Gasteiger partial charge on any atom is -0.354 e. The van der Waals surface area contributed by atoms with Crippen LogP contribution in [0, 0.1) is 12.9 Å². The number of fused-ring (bicyclic) bond motifs is 6. The molecule has 0 fully saturated rings. The van der Waals surface area contributed by atoms with Gasteiger partial charge in [0.05, 0.1) is 5.52 Å². The van der Waals surface area contributed by atoms with Crippen LogP contribution in [0.2, 0.25) is 0 Å². The second-order valence-corrected chi connectivity index (χ2v) is 10.0. The third-order valence-electron chi connectivity index (χ3n) is 7.51. The van der Waals surface area contributed by atoms with Gasteiger partial charge in [0, 0.05) is 99.1 Å². The molecule has 0 bridgehead atoms. The third-order valence-corrected chi connectivity index (χ3v) is 7.51. The summed E-state index contributed by atoms with van der Waals surface area (Å²) in [5, 5.41) is 4.67. The maximum Gasteiger partial charge on any atom is 0.212 e. The largest absolute Gasteiger partial charge is 0.354 e. The lowest BCUT2D eigenvalue weighted by molar-refractivity contribution is 0.584. The molecule has 2 aromatic carbocycles. The molecule has 0 aliphatic carbocycles. The van der Waals surface area contributed by atoms with Gasteiger partial charge < -0.3 is 9.55 Å². The number of aromatic nitrogens is 6. The van der Waals surface area contributed by atoms with Gasteiger partial charge in [-0.25, -0.2) is 4.98 Å². The lowest BCUT2D eigenvalue weighted by atomic mass is 10.1. The molecule has 8 heteroatoms. The summed E-state index contributed by atoms with van der Waals surface area (Å²) in [7, 11) is 2.10. The van der Waals surface area contributed by atoms with Crippen LogP contribution < -0.4 is 0 Å². The molecule has 206 valence electrons. The number of aryl methyl sites for hydroxylation is 2. The van der Waals surface area contributed by atoms with E-state index in [2.05, 4.69) is 72.9 Å². The normalized spacial score (nSPS) is 11.0. The van der Waals surface area contributed by atoms with Crippen LogP contribution in [-0.4, -0.2) is 29.5 Å². The van der Waals surface area contributed by atoms with Crippen molar-refractivity contribution in [2.75, 3.05) is 0 Å². The van der Waals surface area contributed by atoms with Crippen LogP contribution in [0.3, 0.4) is 0 Å². The molecule has 6 heterocycles. The van der Waals surface area contributed by atoms with Gasteiger partial charge in [0.15, 0.2) is 0 Å². The highest BCUT2D eigenvalue weighted by molar-refractivity contribution is 14.0. The molecule has 6 aromatic heterocycles. The Morgan fingerprint density at radius 1 is 0.595 bits per heavy atom. The van der Waals surface area contributed by atoms with Crippen LogP contribution in [0.25, 0.3) is 65.9 Å². The molecule has 0 amide bonds. The smallest absolute Gasteiger partial charge is 0.212 e. The Kier molecular flexibility index (Phi) is 7.38. The van der Waals surface area contributed by atoms with E-state index in [1.165, 1.54) is 33.4 Å². The van der Waals surface area contributed by atoms with Gasteiger partial charge >= 0.3 is 0 Å². The Labute approximate surface area is 258 Å². The fourth-order valence-corrected chi connectivity index (χ4v) is 5.34. The molecule has 8 rings (SSSR count). The van der Waals surface area contributed by atoms with E-state index >= 15 is 0 Å². The Hall–Kier alpha value is -4.70. The Morgan fingerprint density at radius 2 is 1.26 bits per heavy atom. The quantitative estimate of drug-likeness (QED) is 0.149. The summed E-state index contributed by atoms with van der Waals surface area (Å²) in [6, 6.07) is 23.9. The fraction of sp³-hybridized carbons (Fsp3) is 0.0588. The van der Waals surface area contributed by atoms with Crippen molar-refractivity contribution in [2.24, 2.45) is 7.05 Å². The van der Waals surface area contributed by atoms with Crippen molar-refractivity contribution in [3.05, 3.63) is 122 Å². The summed E-state index contributed by atoms with van der Waals surface area (Å²) < 4.78 is 15.1. The average Bonchev–Trinajstić information content (AvgIpc) is 3.53. The topological polar surface area (TPSA) is 72.3 Å². The summed E-state index contributed by atoms with van der Waals surface area (Å²) >= 11 is 0. The van der Waals surface area contributed by atoms with Crippen LogP contribution in [0.5, 0.6) is 0 Å². The molecule has 6 nitrogen and oxygen atoms in total. The zero-order valence-electron chi connectivity index (χ0n) is 22.9. The van der Waals surface area contributed by atoms with E-state index in [1.807, 2.05) is 56.0 Å². The molecule has 0 aliphatic rings. The van der Waals surface area contributed by atoms with Gasteiger partial charge in [-0.2, -0.15) is 4.39 Å². The van der Waals surface area contributed by atoms with Crippen molar-refractivity contribution in [1.82, 2.24) is 29.5 Å². The van der Waals surface area contributed by atoms with E-state index in [9.17, 15) is 4.39 Å². The molecular weight excluding hydrogens is 637 g/mol. The van der Waals surface area contributed by atoms with E-state index in [4.69, 9.17) is 0 Å². The molecule has 0 radical (unpaired) electrons. The first-order valence-corrected chi connectivity index (χ1v) is 13.3. The molecule has 0 unspecified atom stereocenters. The lowest BCUT2D eigenvalue weighted by Gasteiger charge is -2.04. The number of pyridine rings is 4. The van der Waals surface area contributed by atoms with Gasteiger partial charge in [-0.05, 0) is 60.5 Å². The van der Waals surface area contributed by atoms with E-state index in [0.717, 1.165) is 44.2 Å². The minimum absolute atomic E-state index is 0. The summed E-state index contributed by atoms with van der Waals surface area (Å²) in [6.07, 6.45) is 10.9. The zero-order valence-corrected chi connectivity index (χ0v) is 25.2. The van der Waals surface area contributed by atoms with Crippen LogP contribution >= 0.6 is 24.0 Å². The number of nitrogens with zero attached hydrogens (tertiary/aromatic N) is 5. The number of H-pyrrole nitrogens is 1. The maximum absolute atomic E-state index is 12.9. The number of hydrogen-bond acceptors (Lipinski definition) is 4. The van der Waals surface area contributed by atoms with Crippen molar-refractivity contribution in [3.63, 3.8) is 0 Å². The summed E-state index contributed by atoms with van der Waals surface area (Å²) in [6.45, 7) is 2.00. The first-order chi connectivity index (χ1) is 20.0. The van der Waals surface area contributed by atoms with Gasteiger partial charge in [0.2, 0.25) is 5.95 Å². The molecular formula is C34H26FIN6. The van der Waals surface area contributed by atoms with Crippen molar-refractivity contribution >= 4 is 67.6 Å². The van der Waals surface area contributed by atoms with Gasteiger partial charge in [-0.15, -0.1) is 24.0 Å². The molecule has 0 spiro atoms. The highest BCUT2D eigenvalue weighted by Crippen LogP contribution is 2.31. The van der Waals surface area contributed by atoms with E-state index in [1.54, 1.807) is 18.5 Å². The lowest BCUT2D eigenvalue weighted by Crippen LogP contribution is -1.87. The average molecular weight is 664 g/mol. The fourth-order valence-electron chi connectivity index (χ4n) is 5.34. The van der Waals surface area contributed by atoms with Crippen molar-refractivity contribution < 1.29 is 4.39 Å². The van der Waals surface area contributed by atoms with Gasteiger partial charge in [0.1, 0.15) is 0 Å². The van der Waals surface area contributed by atoms with Crippen molar-refractivity contribution in [3.8, 4) is 22.3 Å². The summed E-state index contributed by atoms with van der Waals surface area (Å²) in [5.41, 5.74) is 9.79. The van der Waals surface area contributed by atoms with E-state index < -0.39 is 5.95 Å². The van der Waals surface area contributed by atoms with Gasteiger partial charge in [-0.3, -0.25) is 15.0 Å². The van der Waals surface area contributed by atoms with E-state index in [0.29, 0.717) is 0 Å². The van der Waals surface area contributed by atoms with Crippen LogP contribution in [-0.2, 0) is 7.05 Å². The third kappa shape index (κ3) is 4.98. The predicted octanol–water partition coefficient (Wildman–Crippen LogP) is 8.63. The monoisotopic (exact) mass is 663 g/mol. The standard InChI is InChI=1S/C18H15N3.C16H10FN3.HI/c1-12-3-4-14(10-20-12)13-5-6-15-16-11-19-8-7-17(16)21(2)18(15)9-13;17-16-4-2-11(8-19-16)10-1-3-12-13-9-18-6-5-14(13)20-15(12)7-10;/h3-11H,1-2H3;1-9,20H;1H/i;17-1;. The molecule has 0 aliphatic heterocycles. The summed E-state index contributed by atoms with van der Waals surface area (Å²) in [5.74, 6) is -0.466. The van der Waals surface area contributed by atoms with Crippen LogP contribution in [0.15, 0.2) is 110 Å².